The molecule has 0 fully saturated rings. The maximum absolute atomic E-state index is 10.8. The van der Waals surface area contributed by atoms with Crippen molar-refractivity contribution >= 4 is 43.2 Å². The molecule has 0 spiro atoms. The van der Waals surface area contributed by atoms with E-state index in [1.54, 1.807) is 12.1 Å². The summed E-state index contributed by atoms with van der Waals surface area (Å²) in [5, 5.41) is 21.5. The third-order valence-electron chi connectivity index (χ3n) is 2.57. The van der Waals surface area contributed by atoms with E-state index in [9.17, 15) is 20.2 Å². The second-order valence-corrected chi connectivity index (χ2v) is 5.65. The third-order valence-corrected chi connectivity index (χ3v) is 3.68. The number of halogens is 2. The third kappa shape index (κ3) is 3.02. The van der Waals surface area contributed by atoms with Gasteiger partial charge in [0.2, 0.25) is 0 Å². The summed E-state index contributed by atoms with van der Waals surface area (Å²) < 4.78 is 1.06. The van der Waals surface area contributed by atoms with Gasteiger partial charge in [-0.25, -0.2) is 0 Å². The summed E-state index contributed by atoms with van der Waals surface area (Å²) in [6.07, 6.45) is 0. The monoisotopic (exact) mass is 400 g/mol. The fourth-order valence-electron chi connectivity index (χ4n) is 1.69. The summed E-state index contributed by atoms with van der Waals surface area (Å²) in [5.41, 5.74) is 1.12. The molecule has 0 amide bonds. The van der Waals surface area contributed by atoms with Gasteiger partial charge in [-0.1, -0.05) is 15.9 Å². The Bertz CT molecular complexity index is 719. The Hall–Kier alpha value is -1.80. The van der Waals surface area contributed by atoms with E-state index in [0.29, 0.717) is 20.1 Å². The van der Waals surface area contributed by atoms with E-state index in [1.165, 1.54) is 24.3 Å². The van der Waals surface area contributed by atoms with Crippen LogP contribution in [0.1, 0.15) is 0 Å². The maximum Gasteiger partial charge on any atom is 0.271 e. The molecule has 0 unspecified atom stereocenters. The molecule has 0 saturated heterocycles. The maximum atomic E-state index is 10.8. The lowest BCUT2D eigenvalue weighted by Crippen LogP contribution is -1.91. The Kier molecular flexibility index (Phi) is 4.15. The largest absolute Gasteiger partial charge is 0.271 e. The minimum Gasteiger partial charge on any atom is -0.258 e. The summed E-state index contributed by atoms with van der Waals surface area (Å²) in [6, 6.07) is 8.78. The quantitative estimate of drug-likeness (QED) is 0.551. The molecule has 102 valence electrons. The minimum absolute atomic E-state index is 0.0508. The van der Waals surface area contributed by atoms with Gasteiger partial charge in [-0.2, -0.15) is 0 Å². The Balaban J connectivity index is 2.57. The molecule has 6 nitrogen and oxygen atoms in total. The highest BCUT2D eigenvalue weighted by atomic mass is 79.9. The number of hydrogen-bond donors (Lipinski definition) is 0. The molecule has 0 saturated carbocycles. The van der Waals surface area contributed by atoms with Crippen molar-refractivity contribution in [1.29, 1.82) is 0 Å². The van der Waals surface area contributed by atoms with Crippen molar-refractivity contribution in [2.24, 2.45) is 0 Å². The molecule has 0 aliphatic heterocycles. The fourth-order valence-corrected chi connectivity index (χ4v) is 2.76. The number of non-ortho nitro benzene ring substituents is 2. The van der Waals surface area contributed by atoms with Gasteiger partial charge in [-0.15, -0.1) is 0 Å². The summed E-state index contributed by atoms with van der Waals surface area (Å²) in [5.74, 6) is 0. The van der Waals surface area contributed by atoms with Crippen molar-refractivity contribution in [1.82, 2.24) is 0 Å². The molecule has 2 aromatic carbocycles. The molecule has 20 heavy (non-hydrogen) atoms. The standard InChI is InChI=1S/C12H6Br2N2O4/c13-8-3-7(4-10(5-8)16(19)20)11-2-1-9(15(17)18)6-12(11)14/h1-6H. The van der Waals surface area contributed by atoms with E-state index >= 15 is 0 Å². The highest BCUT2D eigenvalue weighted by Gasteiger charge is 2.14. The summed E-state index contributed by atoms with van der Waals surface area (Å²) in [4.78, 5) is 20.5. The minimum atomic E-state index is -0.502. The van der Waals surface area contributed by atoms with Crippen LogP contribution in [0.15, 0.2) is 45.3 Å². The number of nitro benzene ring substituents is 2. The Morgan fingerprint density at radius 2 is 1.50 bits per heavy atom. The lowest BCUT2D eigenvalue weighted by atomic mass is 10.0. The van der Waals surface area contributed by atoms with Gasteiger partial charge in [0.05, 0.1) is 9.85 Å². The van der Waals surface area contributed by atoms with Crippen LogP contribution in [0.2, 0.25) is 0 Å². The molecule has 0 aliphatic rings. The smallest absolute Gasteiger partial charge is 0.258 e. The lowest BCUT2D eigenvalue weighted by molar-refractivity contribution is -0.385. The number of benzene rings is 2. The normalized spacial score (nSPS) is 10.3. The van der Waals surface area contributed by atoms with Crippen molar-refractivity contribution in [2.45, 2.75) is 0 Å². The molecule has 0 radical (unpaired) electrons. The van der Waals surface area contributed by atoms with Crippen molar-refractivity contribution in [3.63, 3.8) is 0 Å². The first-order chi connectivity index (χ1) is 9.38. The van der Waals surface area contributed by atoms with Crippen LogP contribution in [0.5, 0.6) is 0 Å². The highest BCUT2D eigenvalue weighted by Crippen LogP contribution is 2.35. The zero-order valence-electron chi connectivity index (χ0n) is 9.75. The number of hydrogen-bond acceptors (Lipinski definition) is 4. The van der Waals surface area contributed by atoms with Gasteiger partial charge < -0.3 is 0 Å². The molecule has 0 aromatic heterocycles. The number of rotatable bonds is 3. The van der Waals surface area contributed by atoms with Crippen LogP contribution < -0.4 is 0 Å². The SMILES string of the molecule is O=[N+]([O-])c1cc(Br)cc(-c2ccc([N+](=O)[O-])cc2Br)c1. The Labute approximate surface area is 130 Å². The van der Waals surface area contributed by atoms with E-state index < -0.39 is 9.85 Å². The second kappa shape index (κ2) is 5.68. The van der Waals surface area contributed by atoms with Crippen molar-refractivity contribution in [3.05, 3.63) is 65.6 Å². The molecule has 0 bridgehead atoms. The van der Waals surface area contributed by atoms with Crippen LogP contribution in [0, 0.1) is 20.2 Å². The molecule has 8 heteroatoms. The van der Waals surface area contributed by atoms with Gasteiger partial charge in [-0.05, 0) is 39.2 Å². The van der Waals surface area contributed by atoms with Crippen LogP contribution in [0.25, 0.3) is 11.1 Å². The number of nitro groups is 2. The van der Waals surface area contributed by atoms with Gasteiger partial charge >= 0.3 is 0 Å². The molecular weight excluding hydrogens is 396 g/mol. The Morgan fingerprint density at radius 3 is 2.05 bits per heavy atom. The predicted octanol–water partition coefficient (Wildman–Crippen LogP) is 4.70. The van der Waals surface area contributed by atoms with Crippen molar-refractivity contribution in [3.8, 4) is 11.1 Å². The summed E-state index contributed by atoms with van der Waals surface area (Å²) >= 11 is 6.46. The first-order valence-electron chi connectivity index (χ1n) is 5.28. The average Bonchev–Trinajstić information content (AvgIpc) is 2.37. The van der Waals surface area contributed by atoms with Crippen molar-refractivity contribution < 1.29 is 9.85 Å². The molecule has 0 N–H and O–H groups in total. The van der Waals surface area contributed by atoms with E-state index in [-0.39, 0.29) is 11.4 Å². The first kappa shape index (κ1) is 14.6. The van der Waals surface area contributed by atoms with E-state index in [1.807, 2.05) is 0 Å². The highest BCUT2D eigenvalue weighted by molar-refractivity contribution is 9.10. The zero-order chi connectivity index (χ0) is 14.9. The molecule has 0 heterocycles. The predicted molar refractivity (Wildman–Crippen MR) is 80.6 cm³/mol. The van der Waals surface area contributed by atoms with Crippen LogP contribution in [0.4, 0.5) is 11.4 Å². The van der Waals surface area contributed by atoms with Crippen LogP contribution in [-0.4, -0.2) is 9.85 Å². The Morgan fingerprint density at radius 1 is 0.850 bits per heavy atom. The lowest BCUT2D eigenvalue weighted by Gasteiger charge is -2.05. The van der Waals surface area contributed by atoms with Gasteiger partial charge in [0.15, 0.2) is 0 Å². The van der Waals surface area contributed by atoms with Gasteiger partial charge in [0, 0.05) is 33.2 Å². The molecule has 0 aliphatic carbocycles. The molecule has 2 aromatic rings. The van der Waals surface area contributed by atoms with Gasteiger partial charge in [0.1, 0.15) is 0 Å². The summed E-state index contributed by atoms with van der Waals surface area (Å²) in [6.45, 7) is 0. The molecule has 2 rings (SSSR count). The van der Waals surface area contributed by atoms with Gasteiger partial charge in [0.25, 0.3) is 11.4 Å². The molecule has 0 atom stereocenters. The topological polar surface area (TPSA) is 86.3 Å². The average molecular weight is 402 g/mol. The summed E-state index contributed by atoms with van der Waals surface area (Å²) in [7, 11) is 0. The van der Waals surface area contributed by atoms with E-state index in [2.05, 4.69) is 31.9 Å². The van der Waals surface area contributed by atoms with E-state index in [0.717, 1.165) is 0 Å². The van der Waals surface area contributed by atoms with Crippen LogP contribution in [-0.2, 0) is 0 Å². The van der Waals surface area contributed by atoms with E-state index in [4.69, 9.17) is 0 Å². The molecular formula is C12H6Br2N2O4. The van der Waals surface area contributed by atoms with Crippen LogP contribution in [0.3, 0.4) is 0 Å². The van der Waals surface area contributed by atoms with Crippen molar-refractivity contribution in [2.75, 3.05) is 0 Å². The second-order valence-electron chi connectivity index (χ2n) is 3.88. The first-order valence-corrected chi connectivity index (χ1v) is 6.86. The zero-order valence-corrected chi connectivity index (χ0v) is 12.9. The number of nitrogens with zero attached hydrogens (tertiary/aromatic N) is 2. The van der Waals surface area contributed by atoms with Gasteiger partial charge in [-0.3, -0.25) is 20.2 Å². The fraction of sp³-hybridized carbons (Fsp3) is 0. The van der Waals surface area contributed by atoms with Crippen LogP contribution >= 0.6 is 31.9 Å².